The number of nitrogens with one attached hydrogen (secondary N) is 1. The van der Waals surface area contributed by atoms with Crippen LogP contribution < -0.4 is 5.32 Å². The van der Waals surface area contributed by atoms with Crippen molar-refractivity contribution in [3.05, 3.63) is 57.0 Å². The minimum Gasteiger partial charge on any atom is -0.354 e. The summed E-state index contributed by atoms with van der Waals surface area (Å²) in [6, 6.07) is 9.64. The standard InChI is InChI=1S/C14H7BrClF3N2/c15-11-6-10(16)2-4-13(11)21-12-3-1-9(14(17,18)19)5-8(12)7-20/h1-6,21H. The summed E-state index contributed by atoms with van der Waals surface area (Å²) in [6.45, 7) is 0. The van der Waals surface area contributed by atoms with E-state index in [4.69, 9.17) is 16.9 Å². The maximum Gasteiger partial charge on any atom is 0.416 e. The van der Waals surface area contributed by atoms with Crippen LogP contribution in [0.15, 0.2) is 40.9 Å². The maximum atomic E-state index is 12.6. The molecule has 0 saturated carbocycles. The van der Waals surface area contributed by atoms with Crippen molar-refractivity contribution in [1.82, 2.24) is 0 Å². The molecular weight excluding hydrogens is 369 g/mol. The smallest absolute Gasteiger partial charge is 0.354 e. The minimum absolute atomic E-state index is 0.0910. The van der Waals surface area contributed by atoms with Gasteiger partial charge in [0, 0.05) is 9.50 Å². The van der Waals surface area contributed by atoms with Crippen molar-refractivity contribution < 1.29 is 13.2 Å². The van der Waals surface area contributed by atoms with E-state index in [0.29, 0.717) is 15.2 Å². The first-order valence-electron chi connectivity index (χ1n) is 5.64. The molecule has 0 aliphatic rings. The molecule has 2 rings (SSSR count). The first-order valence-corrected chi connectivity index (χ1v) is 6.82. The van der Waals surface area contributed by atoms with Crippen molar-refractivity contribution >= 4 is 38.9 Å². The zero-order valence-electron chi connectivity index (χ0n) is 10.3. The van der Waals surface area contributed by atoms with Gasteiger partial charge in [-0.25, -0.2) is 0 Å². The Hall–Kier alpha value is -1.71. The predicted molar refractivity (Wildman–Crippen MR) is 78.6 cm³/mol. The van der Waals surface area contributed by atoms with Gasteiger partial charge in [0.05, 0.1) is 22.5 Å². The normalized spacial score (nSPS) is 11.0. The van der Waals surface area contributed by atoms with Crippen LogP contribution in [0, 0.1) is 11.3 Å². The SMILES string of the molecule is N#Cc1cc(C(F)(F)F)ccc1Nc1ccc(Cl)cc1Br. The second kappa shape index (κ2) is 5.96. The van der Waals surface area contributed by atoms with E-state index in [1.807, 2.05) is 0 Å². The minimum atomic E-state index is -4.48. The number of nitrogens with zero attached hydrogens (tertiary/aromatic N) is 1. The summed E-state index contributed by atoms with van der Waals surface area (Å²) in [4.78, 5) is 0. The van der Waals surface area contributed by atoms with Crippen molar-refractivity contribution in [3.8, 4) is 6.07 Å². The second-order valence-electron chi connectivity index (χ2n) is 4.12. The Morgan fingerprint density at radius 1 is 1.10 bits per heavy atom. The number of nitriles is 1. The quantitative estimate of drug-likeness (QED) is 0.727. The molecule has 0 unspecified atom stereocenters. The fourth-order valence-corrected chi connectivity index (χ4v) is 2.44. The fourth-order valence-electron chi connectivity index (χ4n) is 1.66. The average molecular weight is 376 g/mol. The van der Waals surface area contributed by atoms with Crippen LogP contribution >= 0.6 is 27.5 Å². The van der Waals surface area contributed by atoms with Gasteiger partial charge in [0.2, 0.25) is 0 Å². The third-order valence-corrected chi connectivity index (χ3v) is 3.56. The van der Waals surface area contributed by atoms with E-state index >= 15 is 0 Å². The third-order valence-electron chi connectivity index (χ3n) is 2.67. The number of benzene rings is 2. The molecule has 0 amide bonds. The molecule has 2 aromatic rings. The van der Waals surface area contributed by atoms with Crippen molar-refractivity contribution in [2.75, 3.05) is 5.32 Å². The molecule has 0 atom stereocenters. The van der Waals surface area contributed by atoms with Crippen molar-refractivity contribution in [1.29, 1.82) is 5.26 Å². The number of alkyl halides is 3. The number of halogens is 5. The van der Waals surface area contributed by atoms with Crippen LogP contribution in [-0.4, -0.2) is 0 Å². The Morgan fingerprint density at radius 3 is 2.33 bits per heavy atom. The van der Waals surface area contributed by atoms with Crippen LogP contribution in [-0.2, 0) is 6.18 Å². The lowest BCUT2D eigenvalue weighted by atomic mass is 10.1. The summed E-state index contributed by atoms with van der Waals surface area (Å²) in [5.41, 5.74) is -0.0735. The highest BCUT2D eigenvalue weighted by atomic mass is 79.9. The molecule has 0 fully saturated rings. The summed E-state index contributed by atoms with van der Waals surface area (Å²) in [5.74, 6) is 0. The van der Waals surface area contributed by atoms with Gasteiger partial charge < -0.3 is 5.32 Å². The molecular formula is C14H7BrClF3N2. The Bertz CT molecular complexity index is 723. The topological polar surface area (TPSA) is 35.8 Å². The molecule has 0 aliphatic heterocycles. The molecule has 0 aliphatic carbocycles. The molecule has 21 heavy (non-hydrogen) atoms. The van der Waals surface area contributed by atoms with Gasteiger partial charge in [0.15, 0.2) is 0 Å². The van der Waals surface area contributed by atoms with Gasteiger partial charge in [-0.3, -0.25) is 0 Å². The summed E-state index contributed by atoms with van der Waals surface area (Å²) in [6.07, 6.45) is -4.48. The molecule has 108 valence electrons. The Kier molecular flexibility index (Phi) is 4.45. The third kappa shape index (κ3) is 3.69. The van der Waals surface area contributed by atoms with E-state index in [9.17, 15) is 13.2 Å². The van der Waals surface area contributed by atoms with Crippen LogP contribution in [0.25, 0.3) is 0 Å². The van der Waals surface area contributed by atoms with Crippen LogP contribution in [0.4, 0.5) is 24.5 Å². The number of rotatable bonds is 2. The molecule has 0 aromatic heterocycles. The first-order chi connectivity index (χ1) is 9.81. The largest absolute Gasteiger partial charge is 0.416 e. The van der Waals surface area contributed by atoms with Crippen molar-refractivity contribution in [2.45, 2.75) is 6.18 Å². The van der Waals surface area contributed by atoms with E-state index in [-0.39, 0.29) is 11.3 Å². The molecule has 0 radical (unpaired) electrons. The van der Waals surface area contributed by atoms with Gasteiger partial charge in [-0.1, -0.05) is 11.6 Å². The molecule has 0 spiro atoms. The highest BCUT2D eigenvalue weighted by molar-refractivity contribution is 9.10. The molecule has 0 saturated heterocycles. The monoisotopic (exact) mass is 374 g/mol. The van der Waals surface area contributed by atoms with Gasteiger partial charge >= 0.3 is 6.18 Å². The number of hydrogen-bond acceptors (Lipinski definition) is 2. The number of hydrogen-bond donors (Lipinski definition) is 1. The summed E-state index contributed by atoms with van der Waals surface area (Å²) < 4.78 is 38.5. The van der Waals surface area contributed by atoms with Gasteiger partial charge in [0.25, 0.3) is 0 Å². The lowest BCUT2D eigenvalue weighted by molar-refractivity contribution is -0.137. The molecule has 2 nitrogen and oxygen atoms in total. The van der Waals surface area contributed by atoms with Gasteiger partial charge in [0.1, 0.15) is 6.07 Å². The fraction of sp³-hybridized carbons (Fsp3) is 0.0714. The average Bonchev–Trinajstić information content (AvgIpc) is 2.41. The maximum absolute atomic E-state index is 12.6. The van der Waals surface area contributed by atoms with Crippen LogP contribution in [0.2, 0.25) is 5.02 Å². The molecule has 2 aromatic carbocycles. The van der Waals surface area contributed by atoms with Gasteiger partial charge in [-0.15, -0.1) is 0 Å². The summed E-state index contributed by atoms with van der Waals surface area (Å²) in [7, 11) is 0. The lowest BCUT2D eigenvalue weighted by Crippen LogP contribution is -2.06. The number of anilines is 2. The van der Waals surface area contributed by atoms with Gasteiger partial charge in [-0.05, 0) is 52.3 Å². The van der Waals surface area contributed by atoms with Crippen molar-refractivity contribution in [2.24, 2.45) is 0 Å². The Balaban J connectivity index is 2.39. The first kappa shape index (κ1) is 15.7. The van der Waals surface area contributed by atoms with E-state index in [1.165, 1.54) is 6.07 Å². The predicted octanol–water partition coefficient (Wildman–Crippen LogP) is 5.74. The van der Waals surface area contributed by atoms with E-state index in [1.54, 1.807) is 24.3 Å². The van der Waals surface area contributed by atoms with Crippen LogP contribution in [0.5, 0.6) is 0 Å². The summed E-state index contributed by atoms with van der Waals surface area (Å²) >= 11 is 9.10. The molecule has 7 heteroatoms. The van der Waals surface area contributed by atoms with E-state index < -0.39 is 11.7 Å². The Labute approximate surface area is 132 Å². The molecule has 0 heterocycles. The van der Waals surface area contributed by atoms with Crippen LogP contribution in [0.3, 0.4) is 0 Å². The second-order valence-corrected chi connectivity index (χ2v) is 5.41. The van der Waals surface area contributed by atoms with Gasteiger partial charge in [-0.2, -0.15) is 18.4 Å². The van der Waals surface area contributed by atoms with E-state index in [2.05, 4.69) is 21.2 Å². The van der Waals surface area contributed by atoms with Crippen molar-refractivity contribution in [3.63, 3.8) is 0 Å². The van der Waals surface area contributed by atoms with E-state index in [0.717, 1.165) is 12.1 Å². The summed E-state index contributed by atoms with van der Waals surface area (Å²) in [5, 5.41) is 12.4. The zero-order valence-corrected chi connectivity index (χ0v) is 12.6. The molecule has 1 N–H and O–H groups in total. The highest BCUT2D eigenvalue weighted by Crippen LogP contribution is 2.34. The highest BCUT2D eigenvalue weighted by Gasteiger charge is 2.31. The molecule has 0 bridgehead atoms. The lowest BCUT2D eigenvalue weighted by Gasteiger charge is -2.13. The Morgan fingerprint density at radius 2 is 1.76 bits per heavy atom. The van der Waals surface area contributed by atoms with Crippen LogP contribution in [0.1, 0.15) is 11.1 Å². The zero-order chi connectivity index (χ0) is 15.6.